The molecule has 0 aliphatic carbocycles. The van der Waals surface area contributed by atoms with Crippen LogP contribution in [0.1, 0.15) is 37.9 Å². The Morgan fingerprint density at radius 2 is 1.54 bits per heavy atom. The van der Waals surface area contributed by atoms with Crippen molar-refractivity contribution < 1.29 is 8.42 Å². The van der Waals surface area contributed by atoms with E-state index in [2.05, 4.69) is 26.0 Å². The molecule has 0 saturated carbocycles. The summed E-state index contributed by atoms with van der Waals surface area (Å²) >= 11 is 0. The Balaban J connectivity index is 1.55. The first-order chi connectivity index (χ1) is 13.3. The van der Waals surface area contributed by atoms with Crippen LogP contribution in [-0.2, 0) is 30.1 Å². The van der Waals surface area contributed by atoms with Crippen LogP contribution in [0.3, 0.4) is 0 Å². The Morgan fingerprint density at radius 3 is 2.21 bits per heavy atom. The van der Waals surface area contributed by atoms with Gasteiger partial charge in [-0.3, -0.25) is 4.68 Å². The summed E-state index contributed by atoms with van der Waals surface area (Å²) in [6.07, 6.45) is 3.24. The zero-order valence-corrected chi connectivity index (χ0v) is 17.9. The molecule has 0 bridgehead atoms. The van der Waals surface area contributed by atoms with Gasteiger partial charge in [-0.05, 0) is 24.7 Å². The van der Waals surface area contributed by atoms with Crippen LogP contribution in [0.5, 0.6) is 0 Å². The third-order valence-corrected chi connectivity index (χ3v) is 8.30. The second-order valence-corrected chi connectivity index (χ2v) is 10.7. The van der Waals surface area contributed by atoms with Gasteiger partial charge in [0.15, 0.2) is 0 Å². The molecule has 152 valence electrons. The first-order valence-electron chi connectivity index (χ1n) is 10.1. The van der Waals surface area contributed by atoms with Crippen molar-refractivity contribution in [2.75, 3.05) is 26.2 Å². The van der Waals surface area contributed by atoms with E-state index in [1.54, 1.807) is 8.61 Å². The van der Waals surface area contributed by atoms with Gasteiger partial charge in [0.05, 0.1) is 5.69 Å². The molecule has 2 aromatic rings. The molecule has 0 radical (unpaired) electrons. The Labute approximate surface area is 168 Å². The molecule has 28 heavy (non-hydrogen) atoms. The normalized spacial score (nSPS) is 21.2. The molecule has 1 aromatic heterocycles. The molecule has 2 aliphatic rings. The van der Waals surface area contributed by atoms with Crippen molar-refractivity contribution in [1.29, 1.82) is 0 Å². The van der Waals surface area contributed by atoms with Crippen LogP contribution in [-0.4, -0.2) is 53.0 Å². The molecule has 0 atom stereocenters. The van der Waals surface area contributed by atoms with Gasteiger partial charge in [0, 0.05) is 56.5 Å². The van der Waals surface area contributed by atoms with Crippen LogP contribution in [0.2, 0.25) is 0 Å². The molecule has 7 heteroatoms. The highest BCUT2D eigenvalue weighted by atomic mass is 32.2. The van der Waals surface area contributed by atoms with E-state index >= 15 is 0 Å². The first-order valence-corrected chi connectivity index (χ1v) is 11.5. The van der Waals surface area contributed by atoms with Crippen molar-refractivity contribution in [3.05, 3.63) is 41.6 Å². The van der Waals surface area contributed by atoms with Gasteiger partial charge in [0.25, 0.3) is 10.2 Å². The minimum atomic E-state index is -3.41. The average Bonchev–Trinajstić information content (AvgIpc) is 2.83. The maximum atomic E-state index is 13.2. The van der Waals surface area contributed by atoms with Gasteiger partial charge in [0.1, 0.15) is 0 Å². The summed E-state index contributed by atoms with van der Waals surface area (Å²) in [6, 6.07) is 10.2. The van der Waals surface area contributed by atoms with Crippen molar-refractivity contribution in [2.24, 2.45) is 12.5 Å². The summed E-state index contributed by atoms with van der Waals surface area (Å²) in [5.74, 6) is 0. The van der Waals surface area contributed by atoms with Crippen LogP contribution in [0.4, 0.5) is 0 Å². The third kappa shape index (κ3) is 3.63. The lowest BCUT2D eigenvalue weighted by Gasteiger charge is -2.38. The maximum Gasteiger partial charge on any atom is 0.281 e. The van der Waals surface area contributed by atoms with E-state index in [9.17, 15) is 8.42 Å². The first kappa shape index (κ1) is 19.6. The lowest BCUT2D eigenvalue weighted by Crippen LogP contribution is -2.49. The highest BCUT2D eigenvalue weighted by Gasteiger charge is 2.36. The third-order valence-electron chi connectivity index (χ3n) is 6.26. The Hall–Kier alpha value is -1.70. The lowest BCUT2D eigenvalue weighted by molar-refractivity contribution is 0.187. The molecule has 0 unspecified atom stereocenters. The number of piperidine rings is 1. The van der Waals surface area contributed by atoms with E-state index < -0.39 is 10.2 Å². The second-order valence-electron chi connectivity index (χ2n) is 8.73. The predicted molar refractivity (Wildman–Crippen MR) is 111 cm³/mol. The fourth-order valence-corrected chi connectivity index (χ4v) is 5.92. The van der Waals surface area contributed by atoms with Crippen LogP contribution in [0.15, 0.2) is 30.3 Å². The summed E-state index contributed by atoms with van der Waals surface area (Å²) in [6.45, 7) is 6.71. The fraction of sp³-hybridized carbons (Fsp3) is 0.571. The minimum Gasteiger partial charge on any atom is -0.272 e. The molecule has 4 rings (SSSR count). The largest absolute Gasteiger partial charge is 0.281 e. The topological polar surface area (TPSA) is 58.4 Å². The van der Waals surface area contributed by atoms with E-state index in [1.165, 1.54) is 5.56 Å². The Bertz CT molecular complexity index is 940. The number of aromatic nitrogens is 2. The lowest BCUT2D eigenvalue weighted by atomic mass is 9.83. The number of hydrogen-bond donors (Lipinski definition) is 0. The van der Waals surface area contributed by atoms with Crippen LogP contribution in [0, 0.1) is 5.41 Å². The molecule has 0 spiro atoms. The number of hydrogen-bond acceptors (Lipinski definition) is 3. The van der Waals surface area contributed by atoms with Gasteiger partial charge >= 0.3 is 0 Å². The second kappa shape index (κ2) is 7.28. The van der Waals surface area contributed by atoms with Crippen LogP contribution in [0.25, 0.3) is 11.3 Å². The van der Waals surface area contributed by atoms with E-state index in [0.717, 1.165) is 29.8 Å². The number of rotatable bonds is 3. The summed E-state index contributed by atoms with van der Waals surface area (Å²) in [7, 11) is -1.45. The van der Waals surface area contributed by atoms with Gasteiger partial charge in [0.2, 0.25) is 0 Å². The highest BCUT2D eigenvalue weighted by Crippen LogP contribution is 2.33. The molecular formula is C21H30N4O2S. The molecule has 0 amide bonds. The molecule has 1 fully saturated rings. The monoisotopic (exact) mass is 402 g/mol. The highest BCUT2D eigenvalue weighted by molar-refractivity contribution is 7.86. The van der Waals surface area contributed by atoms with Crippen LogP contribution >= 0.6 is 0 Å². The molecule has 6 nitrogen and oxygen atoms in total. The number of benzene rings is 1. The zero-order chi connectivity index (χ0) is 19.9. The quantitative estimate of drug-likeness (QED) is 0.793. The SMILES string of the molecule is Cn1nc(-c2ccccc2)c2c1CCN(S(=O)(=O)N1CCC(C)(C)CC1)CC2. The van der Waals surface area contributed by atoms with Crippen molar-refractivity contribution >= 4 is 10.2 Å². The summed E-state index contributed by atoms with van der Waals surface area (Å²) in [5.41, 5.74) is 4.64. The number of fused-ring (bicyclic) bond motifs is 1. The Morgan fingerprint density at radius 1 is 0.929 bits per heavy atom. The summed E-state index contributed by atoms with van der Waals surface area (Å²) in [5, 5.41) is 4.74. The van der Waals surface area contributed by atoms with Crippen molar-refractivity contribution in [3.8, 4) is 11.3 Å². The molecule has 3 heterocycles. The number of nitrogens with zero attached hydrogens (tertiary/aromatic N) is 4. The van der Waals surface area contributed by atoms with Gasteiger partial charge in [-0.15, -0.1) is 0 Å². The molecule has 1 saturated heterocycles. The smallest absolute Gasteiger partial charge is 0.272 e. The van der Waals surface area contributed by atoms with Gasteiger partial charge < -0.3 is 0 Å². The van der Waals surface area contributed by atoms with Crippen molar-refractivity contribution in [3.63, 3.8) is 0 Å². The average molecular weight is 403 g/mol. The molecule has 2 aliphatic heterocycles. The minimum absolute atomic E-state index is 0.233. The molecular weight excluding hydrogens is 372 g/mol. The summed E-state index contributed by atoms with van der Waals surface area (Å²) < 4.78 is 31.8. The van der Waals surface area contributed by atoms with Crippen molar-refractivity contribution in [2.45, 2.75) is 39.5 Å². The van der Waals surface area contributed by atoms with Crippen LogP contribution < -0.4 is 0 Å². The van der Waals surface area contributed by atoms with E-state index in [-0.39, 0.29) is 5.41 Å². The van der Waals surface area contributed by atoms with Crippen molar-refractivity contribution in [1.82, 2.24) is 18.4 Å². The van der Waals surface area contributed by atoms with E-state index in [0.29, 0.717) is 39.0 Å². The molecule has 1 aromatic carbocycles. The van der Waals surface area contributed by atoms with Gasteiger partial charge in [-0.25, -0.2) is 0 Å². The number of aryl methyl sites for hydroxylation is 1. The fourth-order valence-electron chi connectivity index (χ4n) is 4.30. The zero-order valence-electron chi connectivity index (χ0n) is 17.1. The van der Waals surface area contributed by atoms with Gasteiger partial charge in [-0.1, -0.05) is 44.2 Å². The van der Waals surface area contributed by atoms with Gasteiger partial charge in [-0.2, -0.15) is 22.1 Å². The maximum absolute atomic E-state index is 13.2. The predicted octanol–water partition coefficient (Wildman–Crippen LogP) is 2.85. The van der Waals surface area contributed by atoms with E-state index in [1.807, 2.05) is 29.9 Å². The standard InChI is InChI=1S/C21H30N4O2S/c1-21(2)11-15-25(16-12-21)28(26,27)24-13-9-18-19(10-14-24)23(3)22-20(18)17-7-5-4-6-8-17/h4-8H,9-16H2,1-3H3. The Kier molecular flexibility index (Phi) is 5.10. The summed E-state index contributed by atoms with van der Waals surface area (Å²) in [4.78, 5) is 0. The van der Waals surface area contributed by atoms with E-state index in [4.69, 9.17) is 5.10 Å². The molecule has 0 N–H and O–H groups in total.